The molecule has 3 rings (SSSR count). The summed E-state index contributed by atoms with van der Waals surface area (Å²) in [5.74, 6) is -0.279. The summed E-state index contributed by atoms with van der Waals surface area (Å²) in [6.45, 7) is 5.07. The van der Waals surface area contributed by atoms with Crippen LogP contribution in [0.1, 0.15) is 44.9 Å². The Morgan fingerprint density at radius 1 is 1.38 bits per heavy atom. The van der Waals surface area contributed by atoms with Gasteiger partial charge in [-0.2, -0.15) is 4.39 Å². The first kappa shape index (κ1) is 21.2. The summed E-state index contributed by atoms with van der Waals surface area (Å²) in [5, 5.41) is 10.0. The van der Waals surface area contributed by atoms with E-state index in [1.54, 1.807) is 6.92 Å². The number of aryl methyl sites for hydroxylation is 1. The molecule has 2 amide bonds. The van der Waals surface area contributed by atoms with Crippen molar-refractivity contribution in [2.24, 2.45) is 17.8 Å². The number of amides is 2. The number of carbonyl (C=O) groups is 2. The molecule has 9 nitrogen and oxygen atoms in total. The largest absolute Gasteiger partial charge is 0.353 e. The van der Waals surface area contributed by atoms with E-state index in [0.717, 1.165) is 38.8 Å². The maximum Gasteiger partial charge on any atom is 0.243 e. The average molecular weight is 408 g/mol. The van der Waals surface area contributed by atoms with Gasteiger partial charge in [0.05, 0.1) is 12.5 Å². The molecule has 2 aliphatic rings. The molecule has 1 aliphatic heterocycles. The number of hydrazine groups is 1. The van der Waals surface area contributed by atoms with E-state index in [2.05, 4.69) is 27.7 Å². The normalized spacial score (nSPS) is 18.3. The van der Waals surface area contributed by atoms with E-state index in [9.17, 15) is 19.2 Å². The molecule has 1 aromatic heterocycles. The van der Waals surface area contributed by atoms with Gasteiger partial charge in [0.2, 0.25) is 18.1 Å². The maximum absolute atomic E-state index is 14.8. The Balaban J connectivity index is 1.66. The van der Waals surface area contributed by atoms with Crippen molar-refractivity contribution in [3.63, 3.8) is 0 Å². The molecule has 160 valence electrons. The number of nitrogens with one attached hydrogen (secondary N) is 2. The predicted molar refractivity (Wildman–Crippen MR) is 104 cm³/mol. The van der Waals surface area contributed by atoms with Gasteiger partial charge in [-0.3, -0.25) is 25.6 Å². The minimum atomic E-state index is -0.619. The zero-order chi connectivity index (χ0) is 21.0. The van der Waals surface area contributed by atoms with E-state index in [4.69, 9.17) is 0 Å². The third-order valence-corrected chi connectivity index (χ3v) is 5.61. The Kier molecular flexibility index (Phi) is 6.83. The van der Waals surface area contributed by atoms with Crippen LogP contribution in [0.3, 0.4) is 0 Å². The van der Waals surface area contributed by atoms with Gasteiger partial charge in [-0.05, 0) is 25.2 Å². The Morgan fingerprint density at radius 3 is 2.69 bits per heavy atom. The zero-order valence-electron chi connectivity index (χ0n) is 16.9. The van der Waals surface area contributed by atoms with Crippen LogP contribution in [0.2, 0.25) is 0 Å². The van der Waals surface area contributed by atoms with Crippen LogP contribution < -0.4 is 15.8 Å². The van der Waals surface area contributed by atoms with Gasteiger partial charge in [0.1, 0.15) is 5.82 Å². The first-order chi connectivity index (χ1) is 13.9. The van der Waals surface area contributed by atoms with Crippen LogP contribution in [-0.2, 0) is 9.59 Å². The Hall–Kier alpha value is -2.49. The predicted octanol–water partition coefficient (Wildman–Crippen LogP) is 1.87. The van der Waals surface area contributed by atoms with Crippen LogP contribution in [-0.4, -0.2) is 52.2 Å². The van der Waals surface area contributed by atoms with Crippen molar-refractivity contribution in [1.29, 1.82) is 0 Å². The highest BCUT2D eigenvalue weighted by atomic mass is 19.1. The number of rotatable bonds is 9. The summed E-state index contributed by atoms with van der Waals surface area (Å²) in [6.07, 6.45) is 5.13. The highest BCUT2D eigenvalue weighted by Crippen LogP contribution is 2.31. The fourth-order valence-electron chi connectivity index (χ4n) is 4.11. The maximum atomic E-state index is 14.8. The molecule has 2 heterocycles. The number of nitrogens with zero attached hydrogens (tertiary/aromatic N) is 4. The lowest BCUT2D eigenvalue weighted by atomic mass is 9.92. The molecule has 0 unspecified atom stereocenters. The number of hydrogen-bond acceptors (Lipinski definition) is 7. The summed E-state index contributed by atoms with van der Waals surface area (Å²) in [5.41, 5.74) is 5.05. The monoisotopic (exact) mass is 408 g/mol. The topological polar surface area (TPSA) is 111 Å². The van der Waals surface area contributed by atoms with Gasteiger partial charge in [0.15, 0.2) is 11.6 Å². The van der Waals surface area contributed by atoms with Crippen LogP contribution in [0.15, 0.2) is 0 Å². The molecule has 0 bridgehead atoms. The summed E-state index contributed by atoms with van der Waals surface area (Å²) < 4.78 is 14.8. The molecule has 10 heteroatoms. The van der Waals surface area contributed by atoms with Gasteiger partial charge in [-0.1, -0.05) is 32.6 Å². The Bertz CT molecular complexity index is 737. The molecule has 1 aliphatic carbocycles. The van der Waals surface area contributed by atoms with E-state index in [-0.39, 0.29) is 24.6 Å². The van der Waals surface area contributed by atoms with Crippen molar-refractivity contribution in [3.8, 4) is 0 Å². The van der Waals surface area contributed by atoms with Crippen LogP contribution >= 0.6 is 0 Å². The van der Waals surface area contributed by atoms with Crippen LogP contribution in [0.25, 0.3) is 0 Å². The number of hydrogen-bond donors (Lipinski definition) is 3. The Morgan fingerprint density at radius 2 is 2.07 bits per heavy atom. The third kappa shape index (κ3) is 5.31. The van der Waals surface area contributed by atoms with Gasteiger partial charge in [-0.25, -0.2) is 15.0 Å². The molecule has 0 spiro atoms. The van der Waals surface area contributed by atoms with Gasteiger partial charge >= 0.3 is 0 Å². The van der Waals surface area contributed by atoms with Gasteiger partial charge < -0.3 is 4.90 Å². The number of aromatic nitrogens is 2. The summed E-state index contributed by atoms with van der Waals surface area (Å²) in [4.78, 5) is 33.5. The van der Waals surface area contributed by atoms with Crippen LogP contribution in [0.5, 0.6) is 0 Å². The molecule has 29 heavy (non-hydrogen) atoms. The fourth-order valence-corrected chi connectivity index (χ4v) is 4.11. The van der Waals surface area contributed by atoms with E-state index >= 15 is 0 Å². The average Bonchev–Trinajstić information content (AvgIpc) is 3.18. The molecule has 1 atom stereocenters. The Labute approximate surface area is 169 Å². The lowest BCUT2D eigenvalue weighted by Crippen LogP contribution is -2.46. The molecule has 0 aromatic carbocycles. The molecule has 0 radical (unpaired) electrons. The quantitative estimate of drug-likeness (QED) is 0.325. The molecule has 1 saturated heterocycles. The van der Waals surface area contributed by atoms with Gasteiger partial charge in [0.25, 0.3) is 0 Å². The molecular weight excluding hydrogens is 379 g/mol. The molecule has 1 aromatic rings. The fraction of sp³-hybridized carbons (Fsp3) is 0.684. The van der Waals surface area contributed by atoms with E-state index < -0.39 is 17.6 Å². The minimum absolute atomic E-state index is 0.101. The van der Waals surface area contributed by atoms with Crippen molar-refractivity contribution in [3.05, 3.63) is 11.6 Å². The van der Waals surface area contributed by atoms with E-state index in [0.29, 0.717) is 29.1 Å². The SMILES string of the molecule is Cc1nc(NNC(=O)[C@H](CC2CCCC2)CN(O)C=O)c(F)c(N2CC(C)C2)n1. The molecule has 1 saturated carbocycles. The van der Waals surface area contributed by atoms with Crippen molar-refractivity contribution in [2.75, 3.05) is 30.0 Å². The summed E-state index contributed by atoms with van der Waals surface area (Å²) >= 11 is 0. The third-order valence-electron chi connectivity index (χ3n) is 5.61. The second-order valence-corrected chi connectivity index (χ2v) is 8.19. The zero-order valence-corrected chi connectivity index (χ0v) is 16.9. The lowest BCUT2D eigenvalue weighted by molar-refractivity contribution is -0.154. The van der Waals surface area contributed by atoms with Gasteiger partial charge in [0, 0.05) is 13.1 Å². The number of halogens is 1. The minimum Gasteiger partial charge on any atom is -0.353 e. The van der Waals surface area contributed by atoms with Crippen molar-refractivity contribution in [2.45, 2.75) is 46.0 Å². The van der Waals surface area contributed by atoms with Gasteiger partial charge in [-0.15, -0.1) is 0 Å². The van der Waals surface area contributed by atoms with E-state index in [1.807, 2.05) is 4.90 Å². The van der Waals surface area contributed by atoms with Crippen molar-refractivity contribution >= 4 is 24.0 Å². The smallest absolute Gasteiger partial charge is 0.243 e. The standard InChI is InChI=1S/C19H29FN6O3/c1-12-8-25(9-12)18-16(20)17(21-13(2)22-18)23-24-19(28)15(10-26(29)11-27)7-14-5-3-4-6-14/h11-12,14-15,29H,3-10H2,1-2H3,(H,24,28)(H,21,22,23)/t15-/m1/s1. The summed E-state index contributed by atoms with van der Waals surface area (Å²) in [6, 6.07) is 0. The number of hydroxylamine groups is 2. The summed E-state index contributed by atoms with van der Waals surface area (Å²) in [7, 11) is 0. The van der Waals surface area contributed by atoms with Crippen LogP contribution in [0.4, 0.5) is 16.0 Å². The second-order valence-electron chi connectivity index (χ2n) is 8.19. The highest BCUT2D eigenvalue weighted by molar-refractivity contribution is 5.80. The molecule has 2 fully saturated rings. The molecular formula is C19H29FN6O3. The first-order valence-electron chi connectivity index (χ1n) is 10.1. The first-order valence-corrected chi connectivity index (χ1v) is 10.1. The molecule has 3 N–H and O–H groups in total. The van der Waals surface area contributed by atoms with Crippen molar-refractivity contribution in [1.82, 2.24) is 20.5 Å². The highest BCUT2D eigenvalue weighted by Gasteiger charge is 2.29. The van der Waals surface area contributed by atoms with Crippen molar-refractivity contribution < 1.29 is 19.2 Å². The van der Waals surface area contributed by atoms with E-state index in [1.165, 1.54) is 0 Å². The second kappa shape index (κ2) is 9.34. The number of anilines is 2. The van der Waals surface area contributed by atoms with Crippen LogP contribution in [0, 0.1) is 30.5 Å². The lowest BCUT2D eigenvalue weighted by Gasteiger charge is -2.38. The number of carbonyl (C=O) groups excluding carboxylic acids is 2.